The molecule has 198 valence electrons. The number of aliphatic hydroxyl groups is 1. The molecule has 1 N–H and O–H groups in total. The van der Waals surface area contributed by atoms with Crippen molar-refractivity contribution in [3.8, 4) is 16.5 Å². The number of likely N-dealkylation sites (tertiary alicyclic amines) is 1. The van der Waals surface area contributed by atoms with E-state index < -0.39 is 6.10 Å². The van der Waals surface area contributed by atoms with Crippen molar-refractivity contribution >= 4 is 21.6 Å². The number of benzene rings is 3. The first-order chi connectivity index (χ1) is 19.2. The van der Waals surface area contributed by atoms with E-state index in [-0.39, 0.29) is 6.61 Å². The minimum absolute atomic E-state index is 0.256. The van der Waals surface area contributed by atoms with E-state index in [1.165, 1.54) is 11.1 Å². The Bertz CT molecular complexity index is 1430. The van der Waals surface area contributed by atoms with Crippen LogP contribution in [-0.4, -0.2) is 52.3 Å². The van der Waals surface area contributed by atoms with Crippen molar-refractivity contribution in [3.05, 3.63) is 114 Å². The van der Waals surface area contributed by atoms with Gasteiger partial charge in [0.05, 0.1) is 15.9 Å². The van der Waals surface area contributed by atoms with Crippen molar-refractivity contribution in [2.75, 3.05) is 26.2 Å². The zero-order valence-electron chi connectivity index (χ0n) is 21.9. The van der Waals surface area contributed by atoms with Crippen LogP contribution in [0.3, 0.4) is 0 Å². The SMILES string of the molecule is OC(COc1cccc2nc(-c3ccccn3)sc12)CN1CCC(C(c2ccccc2)c2ccccc2)CC1. The highest BCUT2D eigenvalue weighted by atomic mass is 32.1. The molecule has 0 spiro atoms. The lowest BCUT2D eigenvalue weighted by atomic mass is 9.76. The summed E-state index contributed by atoms with van der Waals surface area (Å²) in [5.74, 6) is 1.74. The first kappa shape index (κ1) is 25.7. The molecule has 0 radical (unpaired) electrons. The van der Waals surface area contributed by atoms with Gasteiger partial charge >= 0.3 is 0 Å². The summed E-state index contributed by atoms with van der Waals surface area (Å²) in [6, 6.07) is 33.5. The number of aliphatic hydroxyl groups excluding tert-OH is 1. The predicted octanol–water partition coefficient (Wildman–Crippen LogP) is 6.64. The van der Waals surface area contributed by atoms with Crippen LogP contribution in [0, 0.1) is 5.92 Å². The van der Waals surface area contributed by atoms with Gasteiger partial charge in [-0.25, -0.2) is 4.98 Å². The summed E-state index contributed by atoms with van der Waals surface area (Å²) in [4.78, 5) is 11.5. The molecule has 0 aliphatic carbocycles. The second-order valence-electron chi connectivity index (χ2n) is 10.2. The second kappa shape index (κ2) is 12.1. The van der Waals surface area contributed by atoms with E-state index in [1.807, 2.05) is 36.4 Å². The molecule has 1 aliphatic heterocycles. The Hall–Kier alpha value is -3.58. The first-order valence-electron chi connectivity index (χ1n) is 13.7. The molecule has 1 fully saturated rings. The number of β-amino-alcohol motifs (C(OH)–C–C–N with tert-alkyl or cyclic N) is 1. The summed E-state index contributed by atoms with van der Waals surface area (Å²) in [6.45, 7) is 2.84. The third kappa shape index (κ3) is 6.04. The molecule has 5 nitrogen and oxygen atoms in total. The normalized spacial score (nSPS) is 15.5. The Balaban J connectivity index is 1.06. The maximum atomic E-state index is 10.9. The van der Waals surface area contributed by atoms with Gasteiger partial charge < -0.3 is 14.7 Å². The number of fused-ring (bicyclic) bond motifs is 1. The van der Waals surface area contributed by atoms with Gasteiger partial charge in [0.2, 0.25) is 0 Å². The lowest BCUT2D eigenvalue weighted by Gasteiger charge is -2.37. The molecule has 0 bridgehead atoms. The van der Waals surface area contributed by atoms with Crippen LogP contribution in [0.4, 0.5) is 0 Å². The number of thiazole rings is 1. The lowest BCUT2D eigenvalue weighted by molar-refractivity contribution is 0.0542. The van der Waals surface area contributed by atoms with Crippen LogP contribution in [0.2, 0.25) is 0 Å². The quantitative estimate of drug-likeness (QED) is 0.229. The van der Waals surface area contributed by atoms with E-state index in [9.17, 15) is 5.11 Å². The zero-order valence-corrected chi connectivity index (χ0v) is 22.7. The molecule has 1 aliphatic rings. The Morgan fingerprint density at radius 3 is 2.21 bits per heavy atom. The third-order valence-corrected chi connectivity index (χ3v) is 8.69. The van der Waals surface area contributed by atoms with E-state index in [4.69, 9.17) is 9.72 Å². The Morgan fingerprint density at radius 1 is 0.846 bits per heavy atom. The van der Waals surface area contributed by atoms with E-state index >= 15 is 0 Å². The number of piperidine rings is 1. The standard InChI is InChI=1S/C33H33N3O2S/c37-27(23-38-30-16-9-15-28-32(30)39-33(35-28)29-14-7-8-19-34-29)22-36-20-17-26(18-21-36)31(24-10-3-1-4-11-24)25-12-5-2-6-13-25/h1-16,19,26-27,31,37H,17-18,20-23H2. The second-order valence-corrected chi connectivity index (χ2v) is 11.2. The maximum absolute atomic E-state index is 10.9. The number of hydrogen-bond acceptors (Lipinski definition) is 6. The van der Waals surface area contributed by atoms with Gasteiger partial charge in [0.1, 0.15) is 23.5 Å². The van der Waals surface area contributed by atoms with Crippen LogP contribution in [-0.2, 0) is 0 Å². The number of rotatable bonds is 9. The summed E-state index contributed by atoms with van der Waals surface area (Å²) in [5, 5.41) is 11.7. The van der Waals surface area contributed by atoms with Gasteiger partial charge in [-0.05, 0) is 67.2 Å². The highest BCUT2D eigenvalue weighted by Crippen LogP contribution is 2.38. The van der Waals surface area contributed by atoms with Crippen molar-refractivity contribution in [3.63, 3.8) is 0 Å². The van der Waals surface area contributed by atoms with Crippen LogP contribution in [0.25, 0.3) is 20.9 Å². The molecule has 3 heterocycles. The summed E-state index contributed by atoms with van der Waals surface area (Å²) < 4.78 is 7.11. The highest BCUT2D eigenvalue weighted by Gasteiger charge is 2.29. The van der Waals surface area contributed by atoms with Gasteiger partial charge in [-0.3, -0.25) is 4.98 Å². The maximum Gasteiger partial charge on any atom is 0.143 e. The fourth-order valence-electron chi connectivity index (χ4n) is 5.70. The smallest absolute Gasteiger partial charge is 0.143 e. The Kier molecular flexibility index (Phi) is 7.95. The van der Waals surface area contributed by atoms with E-state index in [0.717, 1.165) is 52.6 Å². The van der Waals surface area contributed by atoms with Gasteiger partial charge in [-0.1, -0.05) is 72.8 Å². The Morgan fingerprint density at radius 2 is 1.54 bits per heavy atom. The van der Waals surface area contributed by atoms with Crippen molar-refractivity contribution < 1.29 is 9.84 Å². The van der Waals surface area contributed by atoms with Gasteiger partial charge in [-0.2, -0.15) is 0 Å². The van der Waals surface area contributed by atoms with Crippen molar-refractivity contribution in [1.82, 2.24) is 14.9 Å². The molecule has 3 aromatic carbocycles. The molecular weight excluding hydrogens is 502 g/mol. The number of nitrogens with zero attached hydrogens (tertiary/aromatic N) is 3. The number of pyridine rings is 1. The first-order valence-corrected chi connectivity index (χ1v) is 14.5. The largest absolute Gasteiger partial charge is 0.489 e. The predicted molar refractivity (Wildman–Crippen MR) is 158 cm³/mol. The van der Waals surface area contributed by atoms with Crippen molar-refractivity contribution in [2.45, 2.75) is 24.9 Å². The zero-order chi connectivity index (χ0) is 26.4. The van der Waals surface area contributed by atoms with Gasteiger partial charge in [0.25, 0.3) is 0 Å². The molecule has 39 heavy (non-hydrogen) atoms. The van der Waals surface area contributed by atoms with E-state index in [2.05, 4.69) is 70.5 Å². The monoisotopic (exact) mass is 535 g/mol. The summed E-state index contributed by atoms with van der Waals surface area (Å²) in [7, 11) is 0. The van der Waals surface area contributed by atoms with E-state index in [1.54, 1.807) is 17.5 Å². The molecule has 5 aromatic rings. The molecule has 6 rings (SSSR count). The number of hydrogen-bond donors (Lipinski definition) is 1. The fraction of sp³-hybridized carbons (Fsp3) is 0.273. The van der Waals surface area contributed by atoms with Crippen LogP contribution in [0.5, 0.6) is 5.75 Å². The third-order valence-electron chi connectivity index (χ3n) is 7.58. The summed E-state index contributed by atoms with van der Waals surface area (Å²) in [6.07, 6.45) is 3.44. The number of aromatic nitrogens is 2. The minimum atomic E-state index is -0.556. The van der Waals surface area contributed by atoms with Crippen LogP contribution >= 0.6 is 11.3 Å². The molecule has 1 atom stereocenters. The molecular formula is C33H33N3O2S. The van der Waals surface area contributed by atoms with Crippen molar-refractivity contribution in [2.24, 2.45) is 5.92 Å². The minimum Gasteiger partial charge on any atom is -0.489 e. The van der Waals surface area contributed by atoms with Crippen LogP contribution < -0.4 is 4.74 Å². The van der Waals surface area contributed by atoms with Crippen LogP contribution in [0.15, 0.2) is 103 Å². The molecule has 1 saturated heterocycles. The number of ether oxygens (including phenoxy) is 1. The van der Waals surface area contributed by atoms with Gasteiger partial charge in [-0.15, -0.1) is 11.3 Å². The average molecular weight is 536 g/mol. The average Bonchev–Trinajstić information content (AvgIpc) is 3.44. The van der Waals surface area contributed by atoms with Gasteiger partial charge in [0.15, 0.2) is 0 Å². The summed E-state index contributed by atoms with van der Waals surface area (Å²) >= 11 is 1.57. The molecule has 0 saturated carbocycles. The fourth-order valence-corrected chi connectivity index (χ4v) is 6.71. The van der Waals surface area contributed by atoms with E-state index in [0.29, 0.717) is 18.4 Å². The molecule has 2 aromatic heterocycles. The van der Waals surface area contributed by atoms with Crippen LogP contribution in [0.1, 0.15) is 29.9 Å². The summed E-state index contributed by atoms with van der Waals surface area (Å²) in [5.41, 5.74) is 4.52. The lowest BCUT2D eigenvalue weighted by Crippen LogP contribution is -2.41. The molecule has 6 heteroatoms. The molecule has 0 amide bonds. The Labute approximate surface area is 233 Å². The topological polar surface area (TPSA) is 58.5 Å². The highest BCUT2D eigenvalue weighted by molar-refractivity contribution is 7.22. The van der Waals surface area contributed by atoms with Gasteiger partial charge in [0, 0.05) is 18.7 Å². The van der Waals surface area contributed by atoms with Crippen molar-refractivity contribution in [1.29, 1.82) is 0 Å². The molecule has 1 unspecified atom stereocenters.